The van der Waals surface area contributed by atoms with E-state index in [2.05, 4.69) is 21.9 Å². The van der Waals surface area contributed by atoms with E-state index in [4.69, 9.17) is 0 Å². The van der Waals surface area contributed by atoms with Crippen molar-refractivity contribution < 1.29 is 8.42 Å². The number of rotatable bonds is 7. The second-order valence-corrected chi connectivity index (χ2v) is 7.29. The summed E-state index contributed by atoms with van der Waals surface area (Å²) in [4.78, 5) is 2.54. The minimum absolute atomic E-state index is 0.301. The van der Waals surface area contributed by atoms with E-state index in [0.29, 0.717) is 23.2 Å². The van der Waals surface area contributed by atoms with Gasteiger partial charge in [0.05, 0.1) is 5.69 Å². The van der Waals surface area contributed by atoms with E-state index >= 15 is 0 Å². The summed E-state index contributed by atoms with van der Waals surface area (Å²) in [6.07, 6.45) is 3.14. The summed E-state index contributed by atoms with van der Waals surface area (Å²) in [6.45, 7) is 4.33. The zero-order valence-electron chi connectivity index (χ0n) is 12.8. The Morgan fingerprint density at radius 3 is 2.76 bits per heavy atom. The molecule has 0 aromatic heterocycles. The van der Waals surface area contributed by atoms with Crippen molar-refractivity contribution >= 4 is 15.7 Å². The summed E-state index contributed by atoms with van der Waals surface area (Å²) in [5.74, 6) is 0. The molecule has 2 rings (SSSR count). The summed E-state index contributed by atoms with van der Waals surface area (Å²) in [6, 6.07) is 7.37. The third-order valence-corrected chi connectivity index (χ3v) is 5.40. The van der Waals surface area contributed by atoms with Crippen molar-refractivity contribution in [3.05, 3.63) is 24.3 Å². The summed E-state index contributed by atoms with van der Waals surface area (Å²) in [5, 5.41) is 3.18. The average molecular weight is 311 g/mol. The maximum atomic E-state index is 12.5. The minimum Gasteiger partial charge on any atom is -0.384 e. The van der Waals surface area contributed by atoms with Crippen LogP contribution >= 0.6 is 0 Å². The van der Waals surface area contributed by atoms with Crippen molar-refractivity contribution in [2.24, 2.45) is 0 Å². The van der Waals surface area contributed by atoms with E-state index in [-0.39, 0.29) is 0 Å². The van der Waals surface area contributed by atoms with Gasteiger partial charge in [0.1, 0.15) is 4.90 Å². The topological polar surface area (TPSA) is 61.4 Å². The standard InChI is InChI=1S/C15H25N3O2S/c1-3-10-16-14-8-4-5-9-15(14)21(19,20)17-12-13-7-6-11-18(13)2/h4-5,8-9,13,16-17H,3,6-7,10-12H2,1-2H3. The summed E-state index contributed by atoms with van der Waals surface area (Å²) < 4.78 is 27.8. The molecule has 6 heteroatoms. The number of para-hydroxylation sites is 1. The molecule has 118 valence electrons. The first-order valence-corrected chi connectivity index (χ1v) is 9.05. The van der Waals surface area contributed by atoms with E-state index in [1.807, 2.05) is 19.2 Å². The Kier molecular flexibility index (Phi) is 5.61. The molecule has 1 atom stereocenters. The normalized spacial score (nSPS) is 19.8. The lowest BCUT2D eigenvalue weighted by molar-refractivity contribution is 0.311. The molecule has 1 aliphatic heterocycles. The number of hydrogen-bond donors (Lipinski definition) is 2. The number of benzene rings is 1. The molecule has 2 N–H and O–H groups in total. The van der Waals surface area contributed by atoms with Crippen LogP contribution in [0.1, 0.15) is 26.2 Å². The van der Waals surface area contributed by atoms with E-state index in [9.17, 15) is 8.42 Å². The summed E-state index contributed by atoms with van der Waals surface area (Å²) >= 11 is 0. The van der Waals surface area contributed by atoms with Gasteiger partial charge in [-0.2, -0.15) is 0 Å². The van der Waals surface area contributed by atoms with Crippen LogP contribution < -0.4 is 10.0 Å². The molecule has 1 fully saturated rings. The van der Waals surface area contributed by atoms with Gasteiger partial charge in [0.15, 0.2) is 0 Å². The van der Waals surface area contributed by atoms with Crippen LogP contribution in [0.2, 0.25) is 0 Å². The van der Waals surface area contributed by atoms with Gasteiger partial charge in [-0.3, -0.25) is 0 Å². The molecule has 0 aliphatic carbocycles. The monoisotopic (exact) mass is 311 g/mol. The summed E-state index contributed by atoms with van der Waals surface area (Å²) in [7, 11) is -1.43. The fourth-order valence-corrected chi connectivity index (χ4v) is 3.88. The molecule has 1 aromatic rings. The molecular weight excluding hydrogens is 286 g/mol. The van der Waals surface area contributed by atoms with Crippen molar-refractivity contribution in [2.45, 2.75) is 37.1 Å². The highest BCUT2D eigenvalue weighted by Gasteiger charge is 2.24. The first-order chi connectivity index (χ1) is 10.0. The predicted octanol–water partition coefficient (Wildman–Crippen LogP) is 1.88. The van der Waals surface area contributed by atoms with E-state index in [1.54, 1.807) is 12.1 Å². The van der Waals surface area contributed by atoms with Crippen LogP contribution in [0, 0.1) is 0 Å². The number of hydrogen-bond acceptors (Lipinski definition) is 4. The third kappa shape index (κ3) is 4.18. The van der Waals surface area contributed by atoms with Gasteiger partial charge in [0.2, 0.25) is 10.0 Å². The molecule has 0 amide bonds. The lowest BCUT2D eigenvalue weighted by Gasteiger charge is -2.20. The molecule has 1 heterocycles. The number of nitrogens with one attached hydrogen (secondary N) is 2. The Balaban J connectivity index is 2.08. The van der Waals surface area contributed by atoms with Gasteiger partial charge in [-0.1, -0.05) is 19.1 Å². The van der Waals surface area contributed by atoms with Gasteiger partial charge in [0, 0.05) is 19.1 Å². The quantitative estimate of drug-likeness (QED) is 0.807. The predicted molar refractivity (Wildman–Crippen MR) is 86.1 cm³/mol. The molecule has 0 radical (unpaired) electrons. The highest BCUT2D eigenvalue weighted by atomic mass is 32.2. The average Bonchev–Trinajstić information content (AvgIpc) is 2.89. The minimum atomic E-state index is -3.47. The van der Waals surface area contributed by atoms with E-state index in [0.717, 1.165) is 32.4 Å². The lowest BCUT2D eigenvalue weighted by Crippen LogP contribution is -2.38. The van der Waals surface area contributed by atoms with Gasteiger partial charge in [-0.25, -0.2) is 13.1 Å². The van der Waals surface area contributed by atoms with Crippen LogP contribution in [0.4, 0.5) is 5.69 Å². The summed E-state index contributed by atoms with van der Waals surface area (Å²) in [5.41, 5.74) is 0.673. The number of anilines is 1. The molecule has 21 heavy (non-hydrogen) atoms. The lowest BCUT2D eigenvalue weighted by atomic mass is 10.2. The van der Waals surface area contributed by atoms with Crippen LogP contribution in [0.3, 0.4) is 0 Å². The number of nitrogens with zero attached hydrogens (tertiary/aromatic N) is 1. The number of likely N-dealkylation sites (N-methyl/N-ethyl adjacent to an activating group) is 1. The van der Waals surface area contributed by atoms with Crippen molar-refractivity contribution in [2.75, 3.05) is 32.0 Å². The third-order valence-electron chi connectivity index (χ3n) is 3.92. The van der Waals surface area contributed by atoms with Crippen molar-refractivity contribution in [1.29, 1.82) is 0 Å². The van der Waals surface area contributed by atoms with Gasteiger partial charge < -0.3 is 10.2 Å². The number of sulfonamides is 1. The molecule has 0 spiro atoms. The van der Waals surface area contributed by atoms with E-state index in [1.165, 1.54) is 0 Å². The molecule has 5 nitrogen and oxygen atoms in total. The second kappa shape index (κ2) is 7.24. The van der Waals surface area contributed by atoms with E-state index < -0.39 is 10.0 Å². The van der Waals surface area contributed by atoms with Crippen LogP contribution in [0.25, 0.3) is 0 Å². The Hall–Kier alpha value is -1.11. The molecule has 1 aliphatic rings. The SMILES string of the molecule is CCCNc1ccccc1S(=O)(=O)NCC1CCCN1C. The van der Waals surface area contributed by atoms with Crippen LogP contribution in [-0.2, 0) is 10.0 Å². The molecule has 1 aromatic carbocycles. The van der Waals surface area contributed by atoms with Gasteiger partial charge in [-0.15, -0.1) is 0 Å². The Labute approximate surface area is 127 Å². The highest BCUT2D eigenvalue weighted by molar-refractivity contribution is 7.89. The molecular formula is C15H25N3O2S. The highest BCUT2D eigenvalue weighted by Crippen LogP contribution is 2.21. The Morgan fingerprint density at radius 2 is 2.10 bits per heavy atom. The fourth-order valence-electron chi connectivity index (χ4n) is 2.63. The maximum absolute atomic E-state index is 12.5. The zero-order chi connectivity index (χ0) is 15.3. The van der Waals surface area contributed by atoms with Crippen LogP contribution in [0.15, 0.2) is 29.2 Å². The zero-order valence-corrected chi connectivity index (χ0v) is 13.6. The largest absolute Gasteiger partial charge is 0.384 e. The van der Waals surface area contributed by atoms with Crippen LogP contribution in [-0.4, -0.2) is 46.0 Å². The van der Waals surface area contributed by atoms with Crippen molar-refractivity contribution in [3.8, 4) is 0 Å². The van der Waals surface area contributed by atoms with Crippen molar-refractivity contribution in [1.82, 2.24) is 9.62 Å². The van der Waals surface area contributed by atoms with Gasteiger partial charge >= 0.3 is 0 Å². The smallest absolute Gasteiger partial charge is 0.242 e. The Bertz CT molecular complexity index is 560. The van der Waals surface area contributed by atoms with Crippen molar-refractivity contribution in [3.63, 3.8) is 0 Å². The maximum Gasteiger partial charge on any atom is 0.242 e. The molecule has 1 unspecified atom stereocenters. The molecule has 1 saturated heterocycles. The Morgan fingerprint density at radius 1 is 1.33 bits per heavy atom. The first-order valence-electron chi connectivity index (χ1n) is 7.57. The fraction of sp³-hybridized carbons (Fsp3) is 0.600. The van der Waals surface area contributed by atoms with Crippen LogP contribution in [0.5, 0.6) is 0 Å². The number of likely N-dealkylation sites (tertiary alicyclic amines) is 1. The molecule has 0 saturated carbocycles. The van der Waals surface area contributed by atoms with Gasteiger partial charge in [-0.05, 0) is 45.0 Å². The second-order valence-electron chi connectivity index (χ2n) is 5.55. The van der Waals surface area contributed by atoms with Gasteiger partial charge in [0.25, 0.3) is 0 Å². The first kappa shape index (κ1) is 16.3. The molecule has 0 bridgehead atoms.